The third-order valence-electron chi connectivity index (χ3n) is 4.32. The molecule has 2 aliphatic rings. The zero-order chi connectivity index (χ0) is 13.5. The second kappa shape index (κ2) is 4.87. The minimum absolute atomic E-state index is 0.0430. The molecule has 0 aromatic carbocycles. The number of carbonyl (C=O) groups is 1. The summed E-state index contributed by atoms with van der Waals surface area (Å²) in [6.07, 6.45) is 6.51. The van der Waals surface area contributed by atoms with Crippen LogP contribution in [0.25, 0.3) is 0 Å². The fourth-order valence-corrected chi connectivity index (χ4v) is 3.69. The van der Waals surface area contributed by atoms with Crippen molar-refractivity contribution in [2.75, 3.05) is 5.32 Å². The van der Waals surface area contributed by atoms with E-state index in [-0.39, 0.29) is 17.4 Å². The first kappa shape index (κ1) is 13.1. The van der Waals surface area contributed by atoms with Gasteiger partial charge < -0.3 is 11.1 Å². The van der Waals surface area contributed by atoms with Gasteiger partial charge in [-0.3, -0.25) is 4.79 Å². The molecule has 104 valence electrons. The van der Waals surface area contributed by atoms with Gasteiger partial charge in [0.15, 0.2) is 5.13 Å². The van der Waals surface area contributed by atoms with Crippen LogP contribution in [-0.2, 0) is 4.79 Å². The number of nitrogens with one attached hydrogen (secondary N) is 1. The molecular weight excluding hydrogens is 258 g/mol. The molecule has 2 saturated carbocycles. The Bertz CT molecular complexity index is 479. The lowest BCUT2D eigenvalue weighted by Crippen LogP contribution is -2.51. The average molecular weight is 279 g/mol. The van der Waals surface area contributed by atoms with Crippen molar-refractivity contribution in [3.63, 3.8) is 0 Å². The first-order chi connectivity index (χ1) is 9.06. The van der Waals surface area contributed by atoms with Crippen LogP contribution >= 0.6 is 11.3 Å². The number of nitrogens with two attached hydrogens (primary N) is 1. The summed E-state index contributed by atoms with van der Waals surface area (Å²) in [5.41, 5.74) is 7.02. The number of aromatic nitrogens is 1. The molecule has 0 bridgehead atoms. The van der Waals surface area contributed by atoms with Gasteiger partial charge in [-0.1, -0.05) is 12.8 Å². The largest absolute Gasteiger partial charge is 0.325 e. The van der Waals surface area contributed by atoms with Gasteiger partial charge >= 0.3 is 0 Å². The van der Waals surface area contributed by atoms with Gasteiger partial charge in [0.1, 0.15) is 0 Å². The second-order valence-corrected chi connectivity index (χ2v) is 7.00. The summed E-state index contributed by atoms with van der Waals surface area (Å²) in [5, 5.41) is 5.75. The van der Waals surface area contributed by atoms with Gasteiger partial charge in [0.05, 0.1) is 11.6 Å². The van der Waals surface area contributed by atoms with Crippen molar-refractivity contribution in [1.29, 1.82) is 0 Å². The number of hydrogen-bond donors (Lipinski definition) is 2. The maximum absolute atomic E-state index is 12.4. The van der Waals surface area contributed by atoms with E-state index in [1.165, 1.54) is 24.2 Å². The Balaban J connectivity index is 1.66. The molecule has 1 amide bonds. The van der Waals surface area contributed by atoms with E-state index in [0.717, 1.165) is 36.5 Å². The highest BCUT2D eigenvalue weighted by Crippen LogP contribution is 2.41. The predicted molar refractivity (Wildman–Crippen MR) is 77.3 cm³/mol. The molecule has 2 atom stereocenters. The van der Waals surface area contributed by atoms with Gasteiger partial charge in [-0.2, -0.15) is 0 Å². The lowest BCUT2D eigenvalue weighted by molar-refractivity contribution is -0.122. The number of amides is 1. The molecule has 2 aliphatic carbocycles. The van der Waals surface area contributed by atoms with Gasteiger partial charge in [-0.25, -0.2) is 4.98 Å². The van der Waals surface area contributed by atoms with E-state index >= 15 is 0 Å². The van der Waals surface area contributed by atoms with Crippen LogP contribution < -0.4 is 11.1 Å². The van der Waals surface area contributed by atoms with Gasteiger partial charge in [-0.05, 0) is 32.6 Å². The Labute approximate surface area is 117 Å². The summed E-state index contributed by atoms with van der Waals surface area (Å²) >= 11 is 1.53. The van der Waals surface area contributed by atoms with Crippen molar-refractivity contribution >= 4 is 22.4 Å². The number of thiazole rings is 1. The van der Waals surface area contributed by atoms with Crippen molar-refractivity contribution in [3.05, 3.63) is 11.1 Å². The lowest BCUT2D eigenvalue weighted by atomic mass is 9.74. The fraction of sp³-hybridized carbons (Fsp3) is 0.714. The molecule has 4 nitrogen and oxygen atoms in total. The summed E-state index contributed by atoms with van der Waals surface area (Å²) in [4.78, 5) is 16.9. The Morgan fingerprint density at radius 2 is 2.26 bits per heavy atom. The van der Waals surface area contributed by atoms with Crippen LogP contribution in [0.5, 0.6) is 0 Å². The number of nitrogens with zero attached hydrogens (tertiary/aromatic N) is 1. The molecule has 1 aromatic heterocycles. The standard InChI is InChI=1S/C14H21N3OS/c1-14(15)7-3-2-4-10(14)12(18)17-13-16-11(8-19-13)9-5-6-9/h8-10H,2-7,15H2,1H3,(H,16,17,18). The molecule has 0 aliphatic heterocycles. The predicted octanol–water partition coefficient (Wildman–Crippen LogP) is 2.87. The Kier molecular flexibility index (Phi) is 3.35. The van der Waals surface area contributed by atoms with E-state index < -0.39 is 0 Å². The van der Waals surface area contributed by atoms with E-state index in [9.17, 15) is 4.79 Å². The SMILES string of the molecule is CC1(N)CCCCC1C(=O)Nc1nc(C2CC2)cs1. The van der Waals surface area contributed by atoms with E-state index in [1.54, 1.807) is 0 Å². The molecule has 5 heteroatoms. The third kappa shape index (κ3) is 2.82. The maximum atomic E-state index is 12.4. The Hall–Kier alpha value is -0.940. The Morgan fingerprint density at radius 3 is 2.95 bits per heavy atom. The van der Waals surface area contributed by atoms with Crippen molar-refractivity contribution in [3.8, 4) is 0 Å². The first-order valence-corrected chi connectivity index (χ1v) is 7.99. The third-order valence-corrected chi connectivity index (χ3v) is 5.09. The van der Waals surface area contributed by atoms with Gasteiger partial charge in [0.25, 0.3) is 0 Å². The molecule has 3 N–H and O–H groups in total. The molecule has 0 radical (unpaired) electrons. The van der Waals surface area contributed by atoms with Crippen LogP contribution in [-0.4, -0.2) is 16.4 Å². The topological polar surface area (TPSA) is 68.0 Å². The molecule has 0 saturated heterocycles. The van der Waals surface area contributed by atoms with E-state index in [4.69, 9.17) is 5.73 Å². The maximum Gasteiger partial charge on any atom is 0.231 e. The highest BCUT2D eigenvalue weighted by Gasteiger charge is 2.38. The molecule has 19 heavy (non-hydrogen) atoms. The van der Waals surface area contributed by atoms with Crippen LogP contribution in [0.4, 0.5) is 5.13 Å². The monoisotopic (exact) mass is 279 g/mol. The summed E-state index contributed by atoms with van der Waals surface area (Å²) in [7, 11) is 0. The van der Waals surface area contributed by atoms with Gasteiger partial charge in [-0.15, -0.1) is 11.3 Å². The van der Waals surface area contributed by atoms with Gasteiger partial charge in [0.2, 0.25) is 5.91 Å². The van der Waals surface area contributed by atoms with Crippen molar-refractivity contribution in [2.45, 2.75) is 56.9 Å². The average Bonchev–Trinajstić information content (AvgIpc) is 3.10. The van der Waals surface area contributed by atoms with E-state index in [1.807, 2.05) is 6.92 Å². The first-order valence-electron chi connectivity index (χ1n) is 7.11. The zero-order valence-corrected chi connectivity index (χ0v) is 12.1. The number of hydrogen-bond acceptors (Lipinski definition) is 4. The molecular formula is C14H21N3OS. The molecule has 3 rings (SSSR count). The fourth-order valence-electron chi connectivity index (χ4n) is 2.89. The van der Waals surface area contributed by atoms with Crippen LogP contribution in [0.2, 0.25) is 0 Å². The normalized spacial score (nSPS) is 31.2. The summed E-state index contributed by atoms with van der Waals surface area (Å²) in [6, 6.07) is 0. The molecule has 2 unspecified atom stereocenters. The minimum Gasteiger partial charge on any atom is -0.325 e. The van der Waals surface area contributed by atoms with Crippen LogP contribution in [0.15, 0.2) is 5.38 Å². The van der Waals surface area contributed by atoms with Crippen molar-refractivity contribution in [2.24, 2.45) is 11.7 Å². The number of anilines is 1. The van der Waals surface area contributed by atoms with Crippen molar-refractivity contribution in [1.82, 2.24) is 4.98 Å². The van der Waals surface area contributed by atoms with E-state index in [0.29, 0.717) is 5.92 Å². The molecule has 1 aromatic rings. The molecule has 1 heterocycles. The van der Waals surface area contributed by atoms with Gasteiger partial charge in [0, 0.05) is 16.8 Å². The summed E-state index contributed by atoms with van der Waals surface area (Å²) in [6.45, 7) is 1.99. The van der Waals surface area contributed by atoms with Crippen LogP contribution in [0.1, 0.15) is 57.1 Å². The summed E-state index contributed by atoms with van der Waals surface area (Å²) < 4.78 is 0. The van der Waals surface area contributed by atoms with Crippen LogP contribution in [0.3, 0.4) is 0 Å². The lowest BCUT2D eigenvalue weighted by Gasteiger charge is -2.36. The number of carbonyl (C=O) groups excluding carboxylic acids is 1. The summed E-state index contributed by atoms with van der Waals surface area (Å²) in [5.74, 6) is 0.590. The quantitative estimate of drug-likeness (QED) is 0.894. The van der Waals surface area contributed by atoms with E-state index in [2.05, 4.69) is 15.7 Å². The smallest absolute Gasteiger partial charge is 0.231 e. The minimum atomic E-state index is -0.376. The highest BCUT2D eigenvalue weighted by atomic mass is 32.1. The molecule has 0 spiro atoms. The van der Waals surface area contributed by atoms with Crippen LogP contribution in [0, 0.1) is 5.92 Å². The Morgan fingerprint density at radius 1 is 1.47 bits per heavy atom. The van der Waals surface area contributed by atoms with Crippen molar-refractivity contribution < 1.29 is 4.79 Å². The molecule has 2 fully saturated rings. The highest BCUT2D eigenvalue weighted by molar-refractivity contribution is 7.13. The second-order valence-electron chi connectivity index (χ2n) is 6.15. The zero-order valence-electron chi connectivity index (χ0n) is 11.3. The number of rotatable bonds is 3.